The summed E-state index contributed by atoms with van der Waals surface area (Å²) < 4.78 is 37.9. The van der Waals surface area contributed by atoms with E-state index < -0.39 is 35.8 Å². The second-order valence-electron chi connectivity index (χ2n) is 13.7. The summed E-state index contributed by atoms with van der Waals surface area (Å²) in [5, 5.41) is 0.297. The first-order chi connectivity index (χ1) is 25.9. The number of carbonyl (C=O) groups excluding carboxylic acids is 4. The van der Waals surface area contributed by atoms with E-state index in [0.29, 0.717) is 35.3 Å². The van der Waals surface area contributed by atoms with E-state index in [4.69, 9.17) is 32.7 Å². The van der Waals surface area contributed by atoms with Crippen LogP contribution in [-0.4, -0.2) is 87.3 Å². The van der Waals surface area contributed by atoms with Gasteiger partial charge in [0.1, 0.15) is 11.6 Å². The van der Waals surface area contributed by atoms with Crippen LogP contribution in [0.25, 0.3) is 22.3 Å². The molecule has 0 saturated carbocycles. The molecule has 6 rings (SSSR count). The molecule has 0 bridgehead atoms. The lowest BCUT2D eigenvalue weighted by Crippen LogP contribution is -2.42. The molecule has 0 N–H and O–H groups in total. The average molecular weight is 780 g/mol. The van der Waals surface area contributed by atoms with Crippen molar-refractivity contribution >= 4 is 58.7 Å². The van der Waals surface area contributed by atoms with Gasteiger partial charge in [-0.25, -0.2) is 28.0 Å². The highest BCUT2D eigenvalue weighted by atomic mass is 35.5. The summed E-state index contributed by atoms with van der Waals surface area (Å²) in [6.07, 6.45) is -0.970. The molecule has 2 aliphatic rings. The van der Waals surface area contributed by atoms with Crippen LogP contribution < -0.4 is 9.80 Å². The van der Waals surface area contributed by atoms with E-state index in [-0.39, 0.29) is 46.3 Å². The van der Waals surface area contributed by atoms with Gasteiger partial charge in [-0.1, -0.05) is 71.7 Å². The van der Waals surface area contributed by atoms with Crippen LogP contribution in [0.1, 0.15) is 12.8 Å². The molecule has 10 nitrogen and oxygen atoms in total. The van der Waals surface area contributed by atoms with Crippen LogP contribution in [0.4, 0.5) is 29.7 Å². The lowest BCUT2D eigenvalue weighted by molar-refractivity contribution is -0.159. The number of para-hydroxylation sites is 2. The van der Waals surface area contributed by atoms with Gasteiger partial charge < -0.3 is 19.3 Å². The van der Waals surface area contributed by atoms with Crippen molar-refractivity contribution in [2.24, 2.45) is 11.8 Å². The van der Waals surface area contributed by atoms with Crippen LogP contribution in [0.3, 0.4) is 0 Å². The van der Waals surface area contributed by atoms with Crippen LogP contribution in [-0.2, 0) is 19.1 Å². The Labute approximate surface area is 321 Å². The summed E-state index contributed by atoms with van der Waals surface area (Å²) in [4.78, 5) is 60.8. The summed E-state index contributed by atoms with van der Waals surface area (Å²) in [7, 11) is 3.89. The quantitative estimate of drug-likeness (QED) is 0.100. The van der Waals surface area contributed by atoms with E-state index in [0.717, 1.165) is 25.9 Å². The third kappa shape index (κ3) is 9.07. The zero-order chi connectivity index (χ0) is 38.5. The first-order valence-electron chi connectivity index (χ1n) is 17.4. The number of likely N-dealkylation sites (tertiary alicyclic amines) is 2. The highest BCUT2D eigenvalue weighted by Crippen LogP contribution is 2.40. The fourth-order valence-corrected chi connectivity index (χ4v) is 7.59. The Morgan fingerprint density at radius 1 is 0.630 bits per heavy atom. The molecule has 2 amide bonds. The highest BCUT2D eigenvalue weighted by Gasteiger charge is 2.36. The van der Waals surface area contributed by atoms with Crippen LogP contribution in [0, 0.1) is 23.5 Å². The van der Waals surface area contributed by atoms with Crippen molar-refractivity contribution in [3.63, 3.8) is 0 Å². The third-order valence-corrected chi connectivity index (χ3v) is 10.3. The van der Waals surface area contributed by atoms with Crippen molar-refractivity contribution in [3.05, 3.63) is 107 Å². The molecule has 4 aromatic carbocycles. The van der Waals surface area contributed by atoms with Crippen molar-refractivity contribution in [2.75, 3.05) is 63.2 Å². The Morgan fingerprint density at radius 3 is 1.33 bits per heavy atom. The van der Waals surface area contributed by atoms with Gasteiger partial charge in [0.25, 0.3) is 0 Å². The monoisotopic (exact) mass is 778 g/mol. The Morgan fingerprint density at radius 2 is 1.00 bits per heavy atom. The molecule has 2 atom stereocenters. The number of halogens is 4. The molecule has 0 spiro atoms. The molecule has 2 aliphatic heterocycles. The zero-order valence-electron chi connectivity index (χ0n) is 29.6. The molecule has 4 aromatic rings. The van der Waals surface area contributed by atoms with Gasteiger partial charge in [-0.3, -0.25) is 9.80 Å². The summed E-state index contributed by atoms with van der Waals surface area (Å²) in [5.41, 5.74) is 2.39. The van der Waals surface area contributed by atoms with Crippen molar-refractivity contribution in [3.8, 4) is 22.3 Å². The van der Waals surface area contributed by atoms with E-state index in [2.05, 4.69) is 9.80 Å². The molecular weight excluding hydrogens is 741 g/mol. The lowest BCUT2D eigenvalue weighted by Gasteiger charge is -2.28. The van der Waals surface area contributed by atoms with Gasteiger partial charge >= 0.3 is 24.1 Å². The number of rotatable bonds is 8. The number of hydrogen-bond donors (Lipinski definition) is 0. The third-order valence-electron chi connectivity index (χ3n) is 9.65. The number of ether oxygens (including phenoxy) is 2. The number of hydrogen-bond acceptors (Lipinski definition) is 8. The Hall–Kier alpha value is -4.88. The normalized spacial score (nSPS) is 17.3. The largest absolute Gasteiger partial charge is 0.426 e. The molecule has 0 aliphatic carbocycles. The molecular formula is C40H38Cl2F2N4O6. The standard InChI is InChI=1S/C40H38Cl2F2N4O6/c1-45-19-17-25(21-45)23-47(35-31(5-3-7-33(35)41)27-9-13-29(43)14-10-27)39(51)53-37(49)38(50)54-40(52)48(24-26-18-20-46(2)22-26)36-32(6-4-8-34(36)42)28-11-15-30(44)16-12-28/h3-16,25-26H,17-24H2,1-2H3/t25-,26-/m1/s1. The van der Waals surface area contributed by atoms with Gasteiger partial charge in [0, 0.05) is 37.3 Å². The van der Waals surface area contributed by atoms with Crippen molar-refractivity contribution in [1.29, 1.82) is 0 Å². The smallest absolute Gasteiger partial charge is 0.367 e. The maximum Gasteiger partial charge on any atom is 0.426 e. The minimum absolute atomic E-state index is 0.0439. The molecule has 14 heteroatoms. The topological polar surface area (TPSA) is 99.7 Å². The maximum atomic E-state index is 13.9. The molecule has 282 valence electrons. The zero-order valence-corrected chi connectivity index (χ0v) is 31.2. The van der Waals surface area contributed by atoms with E-state index >= 15 is 0 Å². The van der Waals surface area contributed by atoms with E-state index in [1.807, 2.05) is 14.1 Å². The molecule has 2 fully saturated rings. The number of amides is 2. The Bertz CT molecular complexity index is 1890. The van der Waals surface area contributed by atoms with Gasteiger partial charge in [-0.05, 0) is 99.4 Å². The fraction of sp³-hybridized carbons (Fsp3) is 0.300. The second-order valence-corrected chi connectivity index (χ2v) is 14.5. The Balaban J connectivity index is 1.26. The number of anilines is 2. The van der Waals surface area contributed by atoms with Gasteiger partial charge in [0.15, 0.2) is 0 Å². The van der Waals surface area contributed by atoms with Gasteiger partial charge in [0.2, 0.25) is 0 Å². The lowest BCUT2D eigenvalue weighted by atomic mass is 10.0. The first-order valence-corrected chi connectivity index (χ1v) is 18.2. The van der Waals surface area contributed by atoms with Crippen molar-refractivity contribution < 1.29 is 37.4 Å². The fourth-order valence-electron chi connectivity index (χ4n) is 7.04. The minimum atomic E-state index is -1.73. The molecule has 54 heavy (non-hydrogen) atoms. The van der Waals surface area contributed by atoms with Crippen LogP contribution in [0.2, 0.25) is 10.0 Å². The first kappa shape index (κ1) is 38.8. The van der Waals surface area contributed by atoms with Crippen LogP contribution >= 0.6 is 23.2 Å². The van der Waals surface area contributed by atoms with Gasteiger partial charge in [-0.2, -0.15) is 0 Å². The molecule has 0 unspecified atom stereocenters. The molecule has 0 aromatic heterocycles. The number of carbonyl (C=O) groups is 4. The van der Waals surface area contributed by atoms with Crippen molar-refractivity contribution in [2.45, 2.75) is 12.8 Å². The molecule has 2 heterocycles. The van der Waals surface area contributed by atoms with Gasteiger partial charge in [0.05, 0.1) is 21.4 Å². The Kier molecular flexibility index (Phi) is 12.3. The second kappa shape index (κ2) is 17.1. The van der Waals surface area contributed by atoms with E-state index in [1.165, 1.54) is 58.3 Å². The highest BCUT2D eigenvalue weighted by molar-refractivity contribution is 6.37. The van der Waals surface area contributed by atoms with Crippen LogP contribution in [0.15, 0.2) is 84.9 Å². The summed E-state index contributed by atoms with van der Waals surface area (Å²) in [6.45, 7) is 2.97. The average Bonchev–Trinajstić information content (AvgIpc) is 3.76. The van der Waals surface area contributed by atoms with E-state index in [9.17, 15) is 28.0 Å². The van der Waals surface area contributed by atoms with E-state index in [1.54, 1.807) is 36.4 Å². The summed E-state index contributed by atoms with van der Waals surface area (Å²) >= 11 is 13.4. The molecule has 0 radical (unpaired) electrons. The maximum absolute atomic E-state index is 13.9. The van der Waals surface area contributed by atoms with Crippen LogP contribution in [0.5, 0.6) is 0 Å². The van der Waals surface area contributed by atoms with Crippen molar-refractivity contribution in [1.82, 2.24) is 9.80 Å². The number of esters is 2. The predicted octanol–water partition coefficient (Wildman–Crippen LogP) is 8.15. The molecule has 2 saturated heterocycles. The van der Waals surface area contributed by atoms with Gasteiger partial charge in [-0.15, -0.1) is 0 Å². The summed E-state index contributed by atoms with van der Waals surface area (Å²) in [6, 6.07) is 21.0. The SMILES string of the molecule is CN1CC[C@@H](CN(C(=O)OC(=O)C(=O)OC(=O)N(C[C@@H]2CCN(C)C2)c2c(Cl)cccc2-c2ccc(F)cc2)c2c(Cl)cccc2-c2ccc(F)cc2)C1. The predicted molar refractivity (Wildman–Crippen MR) is 203 cm³/mol. The summed E-state index contributed by atoms with van der Waals surface area (Å²) in [5.74, 6) is -4.45. The number of benzene rings is 4. The minimum Gasteiger partial charge on any atom is -0.367 e. The number of nitrogens with zero attached hydrogens (tertiary/aromatic N) is 4.